The number of allylic oxidation sites excluding steroid dienone is 1. The van der Waals surface area contributed by atoms with Gasteiger partial charge in [-0.3, -0.25) is 4.79 Å². The zero-order valence-electron chi connectivity index (χ0n) is 18.3. The van der Waals surface area contributed by atoms with Gasteiger partial charge in [0.15, 0.2) is 0 Å². The molecule has 0 unspecified atom stereocenters. The minimum absolute atomic E-state index is 0.0257. The maximum absolute atomic E-state index is 13.3. The smallest absolute Gasteiger partial charge is 0.238 e. The molecule has 28 heavy (non-hydrogen) atoms. The van der Waals surface area contributed by atoms with Crippen molar-refractivity contribution < 1.29 is 4.79 Å². The van der Waals surface area contributed by atoms with E-state index in [4.69, 9.17) is 0 Å². The van der Waals surface area contributed by atoms with Crippen molar-refractivity contribution in [1.29, 1.82) is 0 Å². The summed E-state index contributed by atoms with van der Waals surface area (Å²) in [7, 11) is 0. The molecule has 1 N–H and O–H groups in total. The number of unbranched alkanes of at least 4 members (excludes halogenated alkanes) is 4. The molecule has 0 saturated heterocycles. The quantitative estimate of drug-likeness (QED) is 0.311. The Balaban J connectivity index is 2.12. The van der Waals surface area contributed by atoms with Crippen LogP contribution >= 0.6 is 11.8 Å². The molecular weight excluding hydrogens is 362 g/mol. The van der Waals surface area contributed by atoms with E-state index in [1.54, 1.807) is 0 Å². The van der Waals surface area contributed by atoms with E-state index in [0.29, 0.717) is 11.2 Å². The van der Waals surface area contributed by atoms with Crippen molar-refractivity contribution >= 4 is 23.4 Å². The Morgan fingerprint density at radius 3 is 2.39 bits per heavy atom. The van der Waals surface area contributed by atoms with Crippen molar-refractivity contribution in [2.45, 2.75) is 96.0 Å². The van der Waals surface area contributed by atoms with Gasteiger partial charge in [-0.25, -0.2) is 0 Å². The predicted octanol–water partition coefficient (Wildman–Crippen LogP) is 7.31. The second kappa shape index (κ2) is 12.4. The van der Waals surface area contributed by atoms with E-state index in [1.807, 2.05) is 11.8 Å². The largest absolute Gasteiger partial charge is 0.325 e. The molecule has 0 saturated carbocycles. The first-order valence-electron chi connectivity index (χ1n) is 11.3. The van der Waals surface area contributed by atoms with Crippen LogP contribution in [0.5, 0.6) is 0 Å². The third kappa shape index (κ3) is 6.69. The first kappa shape index (κ1) is 23.1. The highest BCUT2D eigenvalue weighted by atomic mass is 32.2. The molecule has 0 aliphatic carbocycles. The van der Waals surface area contributed by atoms with E-state index < -0.39 is 0 Å². The van der Waals surface area contributed by atoms with Gasteiger partial charge >= 0.3 is 0 Å². The summed E-state index contributed by atoms with van der Waals surface area (Å²) >= 11 is 1.90. The van der Waals surface area contributed by atoms with Crippen LogP contribution in [0.15, 0.2) is 30.4 Å². The zero-order valence-corrected chi connectivity index (χ0v) is 19.1. The van der Waals surface area contributed by atoms with Crippen LogP contribution in [0.25, 0.3) is 0 Å². The van der Waals surface area contributed by atoms with Crippen molar-refractivity contribution in [3.8, 4) is 0 Å². The number of rotatable bonds is 11. The summed E-state index contributed by atoms with van der Waals surface area (Å²) < 4.78 is 0. The van der Waals surface area contributed by atoms with E-state index in [0.717, 1.165) is 24.1 Å². The van der Waals surface area contributed by atoms with Crippen LogP contribution in [0, 0.1) is 12.8 Å². The molecule has 0 spiro atoms. The fourth-order valence-corrected chi connectivity index (χ4v) is 5.46. The van der Waals surface area contributed by atoms with Gasteiger partial charge in [-0.15, -0.1) is 11.8 Å². The van der Waals surface area contributed by atoms with Crippen molar-refractivity contribution in [2.24, 2.45) is 5.92 Å². The summed E-state index contributed by atoms with van der Waals surface area (Å²) in [4.78, 5) is 13.3. The summed E-state index contributed by atoms with van der Waals surface area (Å²) in [5, 5.41) is 3.82. The molecule has 3 heteroatoms. The fourth-order valence-electron chi connectivity index (χ4n) is 3.99. The highest BCUT2D eigenvalue weighted by Gasteiger charge is 2.32. The summed E-state index contributed by atoms with van der Waals surface area (Å²) in [5.41, 5.74) is 3.41. The van der Waals surface area contributed by atoms with E-state index in [9.17, 15) is 4.79 Å². The number of para-hydroxylation sites is 1. The van der Waals surface area contributed by atoms with E-state index in [-0.39, 0.29) is 11.2 Å². The van der Waals surface area contributed by atoms with Gasteiger partial charge in [-0.05, 0) is 43.2 Å². The van der Waals surface area contributed by atoms with Gasteiger partial charge in [0, 0.05) is 10.9 Å². The number of anilines is 1. The molecule has 3 atom stereocenters. The lowest BCUT2D eigenvalue weighted by atomic mass is 9.94. The average Bonchev–Trinajstić information content (AvgIpc) is 2.70. The minimum Gasteiger partial charge on any atom is -0.325 e. The Hall–Kier alpha value is -1.22. The lowest BCUT2D eigenvalue weighted by molar-refractivity contribution is -0.116. The Bertz CT molecular complexity index is 639. The second-order valence-corrected chi connectivity index (χ2v) is 9.47. The molecule has 0 aromatic heterocycles. The first-order chi connectivity index (χ1) is 13.6. The molecule has 0 bridgehead atoms. The molecule has 1 aromatic rings. The average molecular weight is 402 g/mol. The van der Waals surface area contributed by atoms with Crippen molar-refractivity contribution in [3.05, 3.63) is 41.5 Å². The normalized spacial score (nSPS) is 21.6. The topological polar surface area (TPSA) is 29.1 Å². The minimum atomic E-state index is 0.0257. The Kier molecular flexibility index (Phi) is 10.2. The third-order valence-corrected chi connectivity index (χ3v) is 7.36. The molecule has 1 heterocycles. The van der Waals surface area contributed by atoms with E-state index >= 15 is 0 Å². The Labute approximate surface area is 177 Å². The van der Waals surface area contributed by atoms with Gasteiger partial charge in [0.2, 0.25) is 5.91 Å². The van der Waals surface area contributed by atoms with Crippen LogP contribution in [-0.2, 0) is 11.2 Å². The standard InChI is InChI=1S/C25H39NOS/c1-5-8-10-14-21-17-18-22(16-11-9-6-2)28-24(21)25(27)26-23-19(4)13-12-15-20(23)7-3/h12-13,15,17-18,21-22,24H,5-11,14,16H2,1-4H3,(H,26,27)/t21-,22+,24+/m0/s1. The van der Waals surface area contributed by atoms with Crippen LogP contribution in [0.1, 0.15) is 83.3 Å². The number of nitrogens with one attached hydrogen (secondary N) is 1. The van der Waals surface area contributed by atoms with E-state index in [1.165, 1.54) is 50.5 Å². The van der Waals surface area contributed by atoms with Crippen LogP contribution in [0.4, 0.5) is 5.69 Å². The number of thioether (sulfide) groups is 1. The maximum atomic E-state index is 13.3. The number of carbonyl (C=O) groups is 1. The molecule has 0 fully saturated rings. The maximum Gasteiger partial charge on any atom is 0.238 e. The predicted molar refractivity (Wildman–Crippen MR) is 125 cm³/mol. The molecule has 156 valence electrons. The van der Waals surface area contributed by atoms with Crippen LogP contribution in [0.2, 0.25) is 0 Å². The van der Waals surface area contributed by atoms with Gasteiger partial charge in [-0.1, -0.05) is 89.6 Å². The molecule has 1 amide bonds. The molecule has 0 radical (unpaired) electrons. The van der Waals surface area contributed by atoms with E-state index in [2.05, 4.69) is 63.4 Å². The molecule has 1 aliphatic rings. The number of aryl methyl sites for hydroxylation is 2. The van der Waals surface area contributed by atoms with Gasteiger partial charge in [-0.2, -0.15) is 0 Å². The lowest BCUT2D eigenvalue weighted by Crippen LogP contribution is -2.35. The summed E-state index contributed by atoms with van der Waals surface area (Å²) in [6.45, 7) is 8.73. The zero-order chi connectivity index (χ0) is 20.4. The highest BCUT2D eigenvalue weighted by molar-refractivity contribution is 8.01. The van der Waals surface area contributed by atoms with Crippen LogP contribution < -0.4 is 5.32 Å². The molecule has 2 nitrogen and oxygen atoms in total. The number of hydrogen-bond donors (Lipinski definition) is 1. The Morgan fingerprint density at radius 2 is 1.71 bits per heavy atom. The van der Waals surface area contributed by atoms with Crippen molar-refractivity contribution in [1.82, 2.24) is 0 Å². The Morgan fingerprint density at radius 1 is 1.00 bits per heavy atom. The second-order valence-electron chi connectivity index (χ2n) is 8.09. The fraction of sp³-hybridized carbons (Fsp3) is 0.640. The van der Waals surface area contributed by atoms with Crippen LogP contribution in [-0.4, -0.2) is 16.4 Å². The summed E-state index contributed by atoms with van der Waals surface area (Å²) in [5.74, 6) is 0.549. The first-order valence-corrected chi connectivity index (χ1v) is 12.3. The monoisotopic (exact) mass is 401 g/mol. The van der Waals surface area contributed by atoms with Crippen molar-refractivity contribution in [3.63, 3.8) is 0 Å². The highest BCUT2D eigenvalue weighted by Crippen LogP contribution is 2.37. The molecule has 1 aromatic carbocycles. The number of hydrogen-bond acceptors (Lipinski definition) is 2. The van der Waals surface area contributed by atoms with Crippen molar-refractivity contribution in [2.75, 3.05) is 5.32 Å². The SMILES string of the molecule is CCCCC[C@H]1C=C[C@@H](CCCCC)S[C@H]1C(=O)Nc1c(C)cccc1CC. The summed E-state index contributed by atoms with van der Waals surface area (Å²) in [6, 6.07) is 6.30. The van der Waals surface area contributed by atoms with Gasteiger partial charge in [0.05, 0.1) is 5.25 Å². The van der Waals surface area contributed by atoms with Crippen LogP contribution in [0.3, 0.4) is 0 Å². The number of benzene rings is 1. The molecular formula is C25H39NOS. The number of amides is 1. The molecule has 2 rings (SSSR count). The van der Waals surface area contributed by atoms with Gasteiger partial charge < -0.3 is 5.32 Å². The lowest BCUT2D eigenvalue weighted by Gasteiger charge is -2.31. The summed E-state index contributed by atoms with van der Waals surface area (Å²) in [6.07, 6.45) is 15.4. The third-order valence-electron chi connectivity index (χ3n) is 5.76. The number of carbonyl (C=O) groups excluding carboxylic acids is 1. The molecule has 1 aliphatic heterocycles. The van der Waals surface area contributed by atoms with Gasteiger partial charge in [0.1, 0.15) is 0 Å². The van der Waals surface area contributed by atoms with Gasteiger partial charge in [0.25, 0.3) is 0 Å².